The fraction of sp³-hybridized carbons (Fsp3) is 0.419. The first kappa shape index (κ1) is 34.2. The fourth-order valence-corrected chi connectivity index (χ4v) is 6.34. The molecule has 0 aromatic heterocycles. The molecule has 1 nitrogen and oxygen atoms in total. The summed E-state index contributed by atoms with van der Waals surface area (Å²) in [4.78, 5) is 0. The maximum Gasteiger partial charge on any atom is 0.126 e. The summed E-state index contributed by atoms with van der Waals surface area (Å²) in [6.45, 7) is 26.9. The summed E-state index contributed by atoms with van der Waals surface area (Å²) >= 11 is 0. The Morgan fingerprint density at radius 2 is 0.889 bits per heavy atom. The van der Waals surface area contributed by atoms with E-state index in [0.717, 1.165) is 16.7 Å². The van der Waals surface area contributed by atoms with E-state index in [1.54, 1.807) is 6.07 Å². The van der Waals surface area contributed by atoms with E-state index in [1.165, 1.54) is 22.3 Å². The maximum absolute atomic E-state index is 15.5. The van der Waals surface area contributed by atoms with Crippen LogP contribution in [0.15, 0.2) is 84.9 Å². The number of nitrogens with zero attached hydrogens (tertiary/aromatic N) is 1. The smallest absolute Gasteiger partial charge is 0.126 e. The molecule has 4 aromatic carbocycles. The number of hydrogen-bond acceptors (Lipinski definition) is 1. The summed E-state index contributed by atoms with van der Waals surface area (Å²) in [5.41, 5.74) is 8.49. The number of benzene rings is 4. The van der Waals surface area contributed by atoms with E-state index in [2.05, 4.69) is 150 Å². The van der Waals surface area contributed by atoms with Crippen LogP contribution in [0.4, 0.5) is 4.39 Å². The van der Waals surface area contributed by atoms with Gasteiger partial charge in [0.25, 0.3) is 0 Å². The van der Waals surface area contributed by atoms with Crippen molar-refractivity contribution < 1.29 is 4.39 Å². The Balaban J connectivity index is 1.72. The zero-order valence-electron chi connectivity index (χ0n) is 29.6. The zero-order valence-corrected chi connectivity index (χ0v) is 29.6. The molecule has 0 saturated carbocycles. The van der Waals surface area contributed by atoms with Gasteiger partial charge in [0.2, 0.25) is 0 Å². The third-order valence-corrected chi connectivity index (χ3v) is 11.5. The molecule has 0 N–H and O–H groups in total. The van der Waals surface area contributed by atoms with Crippen LogP contribution in [-0.2, 0) is 33.5 Å². The first-order chi connectivity index (χ1) is 20.7. The van der Waals surface area contributed by atoms with Gasteiger partial charge in [0.05, 0.1) is 11.6 Å². The molecule has 45 heavy (non-hydrogen) atoms. The van der Waals surface area contributed by atoms with Crippen molar-refractivity contribution in [1.29, 1.82) is 5.26 Å². The van der Waals surface area contributed by atoms with Crippen LogP contribution in [0.2, 0.25) is 0 Å². The summed E-state index contributed by atoms with van der Waals surface area (Å²) in [5.74, 6) is -0.240. The van der Waals surface area contributed by atoms with Gasteiger partial charge in [-0.25, -0.2) is 4.39 Å². The molecule has 0 unspecified atom stereocenters. The molecule has 0 spiro atoms. The quantitative estimate of drug-likeness (QED) is 0.197. The molecule has 0 saturated heterocycles. The molecule has 0 amide bonds. The highest BCUT2D eigenvalue weighted by Crippen LogP contribution is 2.46. The first-order valence-electron chi connectivity index (χ1n) is 16.2. The predicted octanol–water partition coefficient (Wildman–Crippen LogP) is 11.4. The molecule has 236 valence electrons. The van der Waals surface area contributed by atoms with Gasteiger partial charge in [-0.15, -0.1) is 0 Å². The second-order valence-corrected chi connectivity index (χ2v) is 16.2. The third kappa shape index (κ3) is 6.37. The molecule has 0 atom stereocenters. The summed E-state index contributed by atoms with van der Waals surface area (Å²) in [5, 5.41) is 10.1. The summed E-state index contributed by atoms with van der Waals surface area (Å²) in [6, 6.07) is 31.8. The highest BCUT2D eigenvalue weighted by Gasteiger charge is 2.41. The van der Waals surface area contributed by atoms with Crippen molar-refractivity contribution in [2.75, 3.05) is 0 Å². The van der Waals surface area contributed by atoms with Gasteiger partial charge in [-0.1, -0.05) is 155 Å². The van der Waals surface area contributed by atoms with Crippen molar-refractivity contribution in [3.8, 4) is 6.07 Å². The first-order valence-corrected chi connectivity index (χ1v) is 16.2. The van der Waals surface area contributed by atoms with Gasteiger partial charge < -0.3 is 0 Å². The largest absolute Gasteiger partial charge is 0.207 e. The Morgan fingerprint density at radius 3 is 1.36 bits per heavy atom. The molecule has 4 aromatic rings. The molecule has 0 aliphatic rings. The lowest BCUT2D eigenvalue weighted by atomic mass is 9.60. The van der Waals surface area contributed by atoms with Crippen LogP contribution in [-0.4, -0.2) is 0 Å². The van der Waals surface area contributed by atoms with Gasteiger partial charge in [0.1, 0.15) is 5.82 Å². The van der Waals surface area contributed by atoms with Crippen molar-refractivity contribution in [3.05, 3.63) is 141 Å². The van der Waals surface area contributed by atoms with Crippen molar-refractivity contribution in [3.63, 3.8) is 0 Å². The van der Waals surface area contributed by atoms with Crippen LogP contribution in [0.3, 0.4) is 0 Å². The topological polar surface area (TPSA) is 23.8 Å². The monoisotopic (exact) mass is 601 g/mol. The molecule has 0 aliphatic carbocycles. The Kier molecular flexibility index (Phi) is 9.04. The highest BCUT2D eigenvalue weighted by molar-refractivity contribution is 5.48. The minimum Gasteiger partial charge on any atom is -0.207 e. The molecule has 0 aliphatic heterocycles. The molecule has 0 bridgehead atoms. The van der Waals surface area contributed by atoms with E-state index in [0.29, 0.717) is 17.5 Å². The van der Waals surface area contributed by atoms with E-state index in [9.17, 15) is 5.26 Å². The van der Waals surface area contributed by atoms with Crippen LogP contribution >= 0.6 is 0 Å². The van der Waals surface area contributed by atoms with Crippen LogP contribution < -0.4 is 0 Å². The van der Waals surface area contributed by atoms with E-state index in [-0.39, 0.29) is 32.9 Å². The van der Waals surface area contributed by atoms with E-state index >= 15 is 4.39 Å². The van der Waals surface area contributed by atoms with E-state index in [4.69, 9.17) is 0 Å². The van der Waals surface area contributed by atoms with Crippen LogP contribution in [0, 0.1) is 24.1 Å². The number of nitriles is 1. The number of halogens is 1. The van der Waals surface area contributed by atoms with Gasteiger partial charge in [0.15, 0.2) is 0 Å². The van der Waals surface area contributed by atoms with Gasteiger partial charge in [0, 0.05) is 6.42 Å². The average Bonchev–Trinajstić information content (AvgIpc) is 2.97. The Labute approximate surface area is 272 Å². The second kappa shape index (κ2) is 11.9. The van der Waals surface area contributed by atoms with Crippen molar-refractivity contribution in [1.82, 2.24) is 0 Å². The molecular formula is C43H52FN. The third-order valence-electron chi connectivity index (χ3n) is 11.5. The number of rotatable bonds is 8. The Morgan fingerprint density at radius 1 is 0.511 bits per heavy atom. The highest BCUT2D eigenvalue weighted by atomic mass is 19.1. The van der Waals surface area contributed by atoms with Crippen molar-refractivity contribution >= 4 is 0 Å². The fourth-order valence-electron chi connectivity index (χ4n) is 6.34. The molecule has 4 rings (SSSR count). The van der Waals surface area contributed by atoms with Crippen molar-refractivity contribution in [2.45, 2.75) is 117 Å². The standard InChI is InChI=1S/C43H52FN/c1-29-13-16-34(17-14-29)40(5,6)42(9,10)36-18-15-30(28-45)31(26-36)25-32-27-37(23-24-38(32)44)43(11,12)41(7,8)35-21-19-33(20-22-35)39(2,3)4/h13-24,26-27H,25H2,1-12H3. The SMILES string of the molecule is Cc1ccc(C(C)(C)C(C)(C)c2ccc(C#N)c(Cc3cc(C(C)(C)C(C)(C)c4ccc(C(C)(C)C)cc4)ccc3F)c2)cc1. The van der Waals surface area contributed by atoms with Gasteiger partial charge in [-0.3, -0.25) is 0 Å². The summed E-state index contributed by atoms with van der Waals surface area (Å²) in [7, 11) is 0. The lowest BCUT2D eigenvalue weighted by molar-refractivity contribution is 0.302. The Bertz CT molecular complexity index is 1700. The molecule has 0 radical (unpaired) electrons. The van der Waals surface area contributed by atoms with Crippen molar-refractivity contribution in [2.24, 2.45) is 0 Å². The Hall–Kier alpha value is -3.70. The minimum absolute atomic E-state index is 0.0925. The number of aryl methyl sites for hydroxylation is 1. The predicted molar refractivity (Wildman–Crippen MR) is 189 cm³/mol. The lowest BCUT2D eigenvalue weighted by Crippen LogP contribution is -2.40. The molecule has 0 fully saturated rings. The van der Waals surface area contributed by atoms with Crippen LogP contribution in [0.25, 0.3) is 0 Å². The second-order valence-electron chi connectivity index (χ2n) is 16.2. The van der Waals surface area contributed by atoms with Crippen LogP contribution in [0.1, 0.15) is 126 Å². The summed E-state index contributed by atoms with van der Waals surface area (Å²) in [6.07, 6.45) is 0.355. The molecule has 0 heterocycles. The van der Waals surface area contributed by atoms with Gasteiger partial charge in [-0.2, -0.15) is 5.26 Å². The normalized spacial score (nSPS) is 13.1. The van der Waals surface area contributed by atoms with Gasteiger partial charge >= 0.3 is 0 Å². The zero-order chi connectivity index (χ0) is 33.6. The lowest BCUT2D eigenvalue weighted by Gasteiger charge is -2.43. The van der Waals surface area contributed by atoms with Crippen LogP contribution in [0.5, 0.6) is 0 Å². The molecular weight excluding hydrogens is 549 g/mol. The minimum atomic E-state index is -0.293. The maximum atomic E-state index is 15.5. The number of hydrogen-bond donors (Lipinski definition) is 0. The average molecular weight is 602 g/mol. The summed E-state index contributed by atoms with van der Waals surface area (Å²) < 4.78 is 15.5. The van der Waals surface area contributed by atoms with E-state index < -0.39 is 0 Å². The van der Waals surface area contributed by atoms with Gasteiger partial charge in [-0.05, 0) is 85.1 Å². The van der Waals surface area contributed by atoms with E-state index in [1.807, 2.05) is 18.2 Å². The molecule has 2 heteroatoms.